The highest BCUT2D eigenvalue weighted by Gasteiger charge is 2.43. The molecule has 0 unspecified atom stereocenters. The minimum atomic E-state index is -5.11. The highest BCUT2D eigenvalue weighted by Crippen LogP contribution is 2.32. The van der Waals surface area contributed by atoms with E-state index in [0.29, 0.717) is 15.9 Å². The molecule has 7 nitrogen and oxygen atoms in total. The van der Waals surface area contributed by atoms with Gasteiger partial charge in [-0.05, 0) is 29.8 Å². The molecule has 0 aliphatic heterocycles. The molecule has 0 fully saturated rings. The summed E-state index contributed by atoms with van der Waals surface area (Å²) in [6.45, 7) is 0. The lowest BCUT2D eigenvalue weighted by atomic mass is 9.86. The van der Waals surface area contributed by atoms with Crippen molar-refractivity contribution in [2.45, 2.75) is 6.18 Å². The number of rotatable bonds is 3. The lowest BCUT2D eigenvalue weighted by Crippen LogP contribution is -2.45. The summed E-state index contributed by atoms with van der Waals surface area (Å²) in [6, 6.07) is 9.58. The fraction of sp³-hybridized carbons (Fsp3) is 0.136. The van der Waals surface area contributed by atoms with Crippen molar-refractivity contribution in [3.63, 3.8) is 0 Å². The van der Waals surface area contributed by atoms with Crippen molar-refractivity contribution in [2.75, 3.05) is 14.1 Å². The van der Waals surface area contributed by atoms with E-state index in [1.54, 1.807) is 24.3 Å². The van der Waals surface area contributed by atoms with Crippen LogP contribution >= 0.6 is 0 Å². The molecule has 32 heavy (non-hydrogen) atoms. The molecule has 2 aromatic heterocycles. The number of ketones is 2. The van der Waals surface area contributed by atoms with E-state index in [9.17, 15) is 27.6 Å². The van der Waals surface area contributed by atoms with E-state index >= 15 is 0 Å². The smallest absolute Gasteiger partial charge is 0.287 e. The second kappa shape index (κ2) is 7.65. The second-order valence-corrected chi connectivity index (χ2v) is 7.13. The van der Waals surface area contributed by atoms with Gasteiger partial charge in [-0.1, -0.05) is 18.2 Å². The van der Waals surface area contributed by atoms with Crippen LogP contribution in [0.4, 0.5) is 13.2 Å². The van der Waals surface area contributed by atoms with E-state index < -0.39 is 23.6 Å². The van der Waals surface area contributed by atoms with Crippen LogP contribution < -0.4 is 0 Å². The van der Waals surface area contributed by atoms with Gasteiger partial charge in [0.25, 0.3) is 0 Å². The van der Waals surface area contributed by atoms with E-state index in [-0.39, 0.29) is 28.1 Å². The number of hydrazine groups is 1. The van der Waals surface area contributed by atoms with E-state index in [1.807, 2.05) is 0 Å². The van der Waals surface area contributed by atoms with Gasteiger partial charge in [0, 0.05) is 31.9 Å². The third-order valence-corrected chi connectivity index (χ3v) is 4.91. The quantitative estimate of drug-likeness (QED) is 0.455. The van der Waals surface area contributed by atoms with Crippen molar-refractivity contribution >= 4 is 34.5 Å². The summed E-state index contributed by atoms with van der Waals surface area (Å²) in [5.74, 6) is -3.20. The Kier molecular flexibility index (Phi) is 5.09. The number of halogens is 3. The molecule has 10 heteroatoms. The summed E-state index contributed by atoms with van der Waals surface area (Å²) in [7, 11) is 2.53. The second-order valence-electron chi connectivity index (χ2n) is 7.13. The Hall–Kier alpha value is -3.92. The molecule has 0 saturated carbocycles. The molecule has 0 N–H and O–H groups in total. The monoisotopic (exact) mass is 440 g/mol. The number of carbonyl (C=O) groups is 3. The fourth-order valence-electron chi connectivity index (χ4n) is 3.48. The average molecular weight is 440 g/mol. The van der Waals surface area contributed by atoms with Crippen LogP contribution in [0.3, 0.4) is 0 Å². The lowest BCUT2D eigenvalue weighted by molar-refractivity contribution is -0.193. The van der Waals surface area contributed by atoms with E-state index in [4.69, 9.17) is 0 Å². The Morgan fingerprint density at radius 1 is 1.00 bits per heavy atom. The van der Waals surface area contributed by atoms with Crippen LogP contribution in [-0.2, 0) is 4.79 Å². The van der Waals surface area contributed by atoms with Crippen LogP contribution in [0, 0.1) is 0 Å². The molecular weight excluding hydrogens is 425 g/mol. The summed E-state index contributed by atoms with van der Waals surface area (Å²) in [6.07, 6.45) is -1.63. The molecule has 0 bridgehead atoms. The Balaban J connectivity index is 1.96. The number of benzene rings is 1. The molecule has 2 heterocycles. The summed E-state index contributed by atoms with van der Waals surface area (Å²) in [5.41, 5.74) is 0.388. The van der Waals surface area contributed by atoms with Gasteiger partial charge in [-0.2, -0.15) is 13.2 Å². The third kappa shape index (κ3) is 3.44. The first-order valence-electron chi connectivity index (χ1n) is 9.34. The molecule has 162 valence electrons. The number of alkyl halides is 3. The van der Waals surface area contributed by atoms with Crippen molar-refractivity contribution in [1.82, 2.24) is 20.0 Å². The SMILES string of the molecule is CN(C)N(/C=C/c1c2c(nc3ccccc13)C(=O)c1cccnc1C2=O)C(=O)C(F)(F)F. The molecule has 4 rings (SSSR count). The minimum Gasteiger partial charge on any atom is -0.287 e. The van der Waals surface area contributed by atoms with Gasteiger partial charge in [0.2, 0.25) is 11.6 Å². The molecule has 0 spiro atoms. The van der Waals surface area contributed by atoms with E-state index in [0.717, 1.165) is 11.2 Å². The Labute approximate surface area is 179 Å². The van der Waals surface area contributed by atoms with Crippen LogP contribution in [0.5, 0.6) is 0 Å². The summed E-state index contributed by atoms with van der Waals surface area (Å²) in [5, 5.41) is 1.75. The first-order chi connectivity index (χ1) is 15.1. The maximum Gasteiger partial charge on any atom is 0.473 e. The van der Waals surface area contributed by atoms with Gasteiger partial charge >= 0.3 is 12.1 Å². The molecule has 1 amide bonds. The Bertz CT molecular complexity index is 1320. The van der Waals surface area contributed by atoms with Crippen molar-refractivity contribution in [2.24, 2.45) is 0 Å². The van der Waals surface area contributed by atoms with E-state index in [1.165, 1.54) is 38.5 Å². The van der Waals surface area contributed by atoms with E-state index in [2.05, 4.69) is 9.97 Å². The lowest BCUT2D eigenvalue weighted by Gasteiger charge is -2.26. The zero-order valence-electron chi connectivity index (χ0n) is 16.8. The standard InChI is InChI=1S/C22H15F3N4O3/c1-28(2)29(21(32)22(23,24)25)11-9-13-12-6-3-4-8-15(12)27-18-16(13)20(31)17-14(19(18)30)7-5-10-26-17/h3-11H,1-2H3/b11-9+. The van der Waals surface area contributed by atoms with Crippen LogP contribution in [0.15, 0.2) is 48.8 Å². The molecular formula is C22H15F3N4O3. The van der Waals surface area contributed by atoms with Crippen LogP contribution in [0.2, 0.25) is 0 Å². The zero-order chi connectivity index (χ0) is 23.2. The minimum absolute atomic E-state index is 0.0624. The average Bonchev–Trinajstić information content (AvgIpc) is 2.76. The van der Waals surface area contributed by atoms with Gasteiger partial charge in [0.15, 0.2) is 0 Å². The maximum atomic E-state index is 13.2. The highest BCUT2D eigenvalue weighted by molar-refractivity contribution is 6.29. The van der Waals surface area contributed by atoms with Crippen LogP contribution in [-0.4, -0.2) is 57.7 Å². The summed E-state index contributed by atoms with van der Waals surface area (Å²) >= 11 is 0. The normalized spacial score (nSPS) is 13.6. The largest absolute Gasteiger partial charge is 0.473 e. The predicted octanol–water partition coefficient (Wildman–Crippen LogP) is 3.24. The number of nitrogens with zero attached hydrogens (tertiary/aromatic N) is 4. The highest BCUT2D eigenvalue weighted by atomic mass is 19.4. The Morgan fingerprint density at radius 2 is 1.72 bits per heavy atom. The van der Waals surface area contributed by atoms with Crippen molar-refractivity contribution < 1.29 is 27.6 Å². The molecule has 1 aromatic carbocycles. The Morgan fingerprint density at radius 3 is 2.41 bits per heavy atom. The zero-order valence-corrected chi connectivity index (χ0v) is 16.8. The maximum absolute atomic E-state index is 13.2. The first kappa shape index (κ1) is 21.3. The van der Waals surface area contributed by atoms with Gasteiger partial charge in [-0.15, -0.1) is 0 Å². The number of amides is 1. The van der Waals surface area contributed by atoms with Crippen molar-refractivity contribution in [3.8, 4) is 0 Å². The number of para-hydroxylation sites is 1. The molecule has 1 aliphatic carbocycles. The van der Waals surface area contributed by atoms with Crippen LogP contribution in [0.25, 0.3) is 17.0 Å². The fourth-order valence-corrected chi connectivity index (χ4v) is 3.48. The molecule has 1 aliphatic rings. The number of hydrogen-bond donors (Lipinski definition) is 0. The third-order valence-electron chi connectivity index (χ3n) is 4.91. The topological polar surface area (TPSA) is 83.5 Å². The predicted molar refractivity (Wildman–Crippen MR) is 108 cm³/mol. The van der Waals surface area contributed by atoms with Gasteiger partial charge in [0.05, 0.1) is 16.6 Å². The van der Waals surface area contributed by atoms with Gasteiger partial charge in [0.1, 0.15) is 11.4 Å². The number of hydrogen-bond acceptors (Lipinski definition) is 6. The van der Waals surface area contributed by atoms with Crippen LogP contribution in [0.1, 0.15) is 37.7 Å². The summed E-state index contributed by atoms with van der Waals surface area (Å²) < 4.78 is 39.1. The van der Waals surface area contributed by atoms with Gasteiger partial charge in [-0.3, -0.25) is 19.4 Å². The number of carbonyl (C=O) groups excluding carboxylic acids is 3. The van der Waals surface area contributed by atoms with Gasteiger partial charge in [-0.25, -0.2) is 15.0 Å². The molecule has 0 radical (unpaired) electrons. The number of aromatic nitrogens is 2. The molecule has 0 saturated heterocycles. The van der Waals surface area contributed by atoms with Gasteiger partial charge < -0.3 is 0 Å². The van der Waals surface area contributed by atoms with Crippen molar-refractivity contribution in [1.29, 1.82) is 0 Å². The molecule has 0 atom stereocenters. The molecule has 3 aromatic rings. The number of pyridine rings is 2. The van der Waals surface area contributed by atoms with Crippen molar-refractivity contribution in [3.05, 3.63) is 76.9 Å². The summed E-state index contributed by atoms with van der Waals surface area (Å²) in [4.78, 5) is 46.4. The first-order valence-corrected chi connectivity index (χ1v) is 9.34. The number of fused-ring (bicyclic) bond motifs is 3.